The minimum absolute atomic E-state index is 0.0940. The van der Waals surface area contributed by atoms with E-state index in [1.165, 1.54) is 19.4 Å². The van der Waals surface area contributed by atoms with Gasteiger partial charge in [0.2, 0.25) is 0 Å². The van der Waals surface area contributed by atoms with Gasteiger partial charge in [0.25, 0.3) is 5.91 Å². The third kappa shape index (κ3) is 4.77. The first-order valence-corrected chi connectivity index (χ1v) is 7.86. The molecule has 5 nitrogen and oxygen atoms in total. The molecule has 1 aliphatic heterocycles. The number of carbonyl (C=O) groups is 1. The molecule has 1 fully saturated rings. The fourth-order valence-electron chi connectivity index (χ4n) is 2.77. The van der Waals surface area contributed by atoms with Crippen LogP contribution in [0.1, 0.15) is 55.3 Å². The number of nitrogens with one attached hydrogen (secondary N) is 1. The molecule has 1 aromatic rings. The van der Waals surface area contributed by atoms with E-state index in [-0.39, 0.29) is 11.8 Å². The smallest absolute Gasteiger partial charge is 0.270 e. The number of aromatic nitrogens is 2. The standard InChI is InChI=1S/C16H26N4O/c1-12(2)15-17-9-7-14(19-15)16(21)18-8-6-13-5-4-10-20(3)11-13/h7,9,12-13H,4-6,8,10-11H2,1-3H3,(H,18,21)/t13-/m0/s1. The van der Waals surface area contributed by atoms with Crippen LogP contribution in [-0.4, -0.2) is 47.5 Å². The fourth-order valence-corrected chi connectivity index (χ4v) is 2.77. The Morgan fingerprint density at radius 1 is 1.52 bits per heavy atom. The maximum atomic E-state index is 12.1. The molecule has 1 amide bonds. The van der Waals surface area contributed by atoms with Gasteiger partial charge in [-0.15, -0.1) is 0 Å². The molecular formula is C16H26N4O. The molecule has 0 bridgehead atoms. The van der Waals surface area contributed by atoms with Crippen LogP contribution in [0.4, 0.5) is 0 Å². The highest BCUT2D eigenvalue weighted by atomic mass is 16.1. The average molecular weight is 290 g/mol. The second-order valence-electron chi connectivity index (χ2n) is 6.27. The Balaban J connectivity index is 1.80. The van der Waals surface area contributed by atoms with E-state index in [1.54, 1.807) is 12.3 Å². The van der Waals surface area contributed by atoms with E-state index in [2.05, 4.69) is 27.2 Å². The lowest BCUT2D eigenvalue weighted by Gasteiger charge is -2.29. The third-order valence-electron chi connectivity index (χ3n) is 3.98. The number of amides is 1. The molecule has 1 N–H and O–H groups in total. The highest BCUT2D eigenvalue weighted by Gasteiger charge is 2.17. The highest BCUT2D eigenvalue weighted by Crippen LogP contribution is 2.17. The Morgan fingerprint density at radius 3 is 3.05 bits per heavy atom. The lowest BCUT2D eigenvalue weighted by Crippen LogP contribution is -2.34. The largest absolute Gasteiger partial charge is 0.351 e. The number of rotatable bonds is 5. The van der Waals surface area contributed by atoms with Crippen molar-refractivity contribution in [1.29, 1.82) is 0 Å². The van der Waals surface area contributed by atoms with Crippen molar-refractivity contribution < 1.29 is 4.79 Å². The number of nitrogens with zero attached hydrogens (tertiary/aromatic N) is 3. The molecule has 116 valence electrons. The molecule has 0 spiro atoms. The first-order valence-electron chi connectivity index (χ1n) is 7.86. The molecule has 0 aromatic carbocycles. The van der Waals surface area contributed by atoms with Gasteiger partial charge >= 0.3 is 0 Å². The van der Waals surface area contributed by atoms with Crippen molar-refractivity contribution in [3.05, 3.63) is 23.8 Å². The number of hydrogen-bond donors (Lipinski definition) is 1. The van der Waals surface area contributed by atoms with Gasteiger partial charge < -0.3 is 10.2 Å². The summed E-state index contributed by atoms with van der Waals surface area (Å²) in [7, 11) is 2.17. The zero-order chi connectivity index (χ0) is 15.2. The summed E-state index contributed by atoms with van der Waals surface area (Å²) in [5, 5.41) is 2.98. The molecule has 1 atom stereocenters. The Kier molecular flexibility index (Phi) is 5.67. The first-order chi connectivity index (χ1) is 10.1. The molecule has 5 heteroatoms. The topological polar surface area (TPSA) is 58.1 Å². The van der Waals surface area contributed by atoms with Crippen molar-refractivity contribution >= 4 is 5.91 Å². The quantitative estimate of drug-likeness (QED) is 0.902. The summed E-state index contributed by atoms with van der Waals surface area (Å²) in [6, 6.07) is 1.68. The average Bonchev–Trinajstić information content (AvgIpc) is 2.47. The van der Waals surface area contributed by atoms with Crippen LogP contribution >= 0.6 is 0 Å². The van der Waals surface area contributed by atoms with E-state index in [1.807, 2.05) is 13.8 Å². The van der Waals surface area contributed by atoms with E-state index in [0.717, 1.165) is 25.3 Å². The molecule has 0 unspecified atom stereocenters. The van der Waals surface area contributed by atoms with Crippen molar-refractivity contribution in [3.8, 4) is 0 Å². The van der Waals surface area contributed by atoms with Gasteiger partial charge in [0.15, 0.2) is 0 Å². The molecule has 2 rings (SSSR count). The molecule has 0 saturated carbocycles. The number of likely N-dealkylation sites (tertiary alicyclic amines) is 1. The number of piperidine rings is 1. The first kappa shape index (κ1) is 15.9. The molecule has 1 aromatic heterocycles. The van der Waals surface area contributed by atoms with E-state index < -0.39 is 0 Å². The molecular weight excluding hydrogens is 264 g/mol. The van der Waals surface area contributed by atoms with Crippen molar-refractivity contribution in [2.75, 3.05) is 26.7 Å². The number of carbonyl (C=O) groups excluding carboxylic acids is 1. The van der Waals surface area contributed by atoms with Crippen LogP contribution < -0.4 is 5.32 Å². The minimum atomic E-state index is -0.0940. The lowest BCUT2D eigenvalue weighted by molar-refractivity contribution is 0.0943. The zero-order valence-corrected chi connectivity index (χ0v) is 13.3. The normalized spacial score (nSPS) is 19.7. The summed E-state index contributed by atoms with van der Waals surface area (Å²) in [6.07, 6.45) is 5.23. The monoisotopic (exact) mass is 290 g/mol. The van der Waals surface area contributed by atoms with Crippen LogP contribution in [0.2, 0.25) is 0 Å². The molecule has 2 heterocycles. The Bertz CT molecular complexity index is 475. The van der Waals surface area contributed by atoms with Crippen LogP contribution in [0.5, 0.6) is 0 Å². The molecule has 1 aliphatic rings. The predicted octanol–water partition coefficient (Wildman–Crippen LogP) is 2.06. The second-order valence-corrected chi connectivity index (χ2v) is 6.27. The van der Waals surface area contributed by atoms with Gasteiger partial charge in [-0.1, -0.05) is 13.8 Å². The van der Waals surface area contributed by atoms with E-state index >= 15 is 0 Å². The predicted molar refractivity (Wildman–Crippen MR) is 83.3 cm³/mol. The van der Waals surface area contributed by atoms with Gasteiger partial charge in [-0.25, -0.2) is 9.97 Å². The maximum absolute atomic E-state index is 12.1. The molecule has 0 aliphatic carbocycles. The summed E-state index contributed by atoms with van der Waals surface area (Å²) in [5.41, 5.74) is 0.467. The summed E-state index contributed by atoms with van der Waals surface area (Å²) in [4.78, 5) is 23.0. The summed E-state index contributed by atoms with van der Waals surface area (Å²) in [5.74, 6) is 1.55. The minimum Gasteiger partial charge on any atom is -0.351 e. The Labute approximate surface area is 127 Å². The van der Waals surface area contributed by atoms with Crippen molar-refractivity contribution in [2.24, 2.45) is 5.92 Å². The third-order valence-corrected chi connectivity index (χ3v) is 3.98. The van der Waals surface area contributed by atoms with Gasteiger partial charge in [0.1, 0.15) is 11.5 Å². The Hall–Kier alpha value is -1.49. The molecule has 21 heavy (non-hydrogen) atoms. The summed E-state index contributed by atoms with van der Waals surface area (Å²) < 4.78 is 0. The summed E-state index contributed by atoms with van der Waals surface area (Å²) >= 11 is 0. The SMILES string of the molecule is CC(C)c1nccc(C(=O)NCC[C@@H]2CCCN(C)C2)n1. The van der Waals surface area contributed by atoms with Gasteiger partial charge in [-0.2, -0.15) is 0 Å². The van der Waals surface area contributed by atoms with Crippen molar-refractivity contribution in [1.82, 2.24) is 20.2 Å². The maximum Gasteiger partial charge on any atom is 0.270 e. The van der Waals surface area contributed by atoms with Crippen LogP contribution in [0.25, 0.3) is 0 Å². The zero-order valence-electron chi connectivity index (χ0n) is 13.3. The highest BCUT2D eigenvalue weighted by molar-refractivity contribution is 5.92. The van der Waals surface area contributed by atoms with Crippen LogP contribution in [0.3, 0.4) is 0 Å². The Morgan fingerprint density at radius 2 is 2.33 bits per heavy atom. The number of hydrogen-bond acceptors (Lipinski definition) is 4. The van der Waals surface area contributed by atoms with Crippen LogP contribution in [0, 0.1) is 5.92 Å². The van der Waals surface area contributed by atoms with Crippen molar-refractivity contribution in [2.45, 2.75) is 39.0 Å². The molecule has 0 radical (unpaired) electrons. The second kappa shape index (κ2) is 7.50. The lowest BCUT2D eigenvalue weighted by atomic mass is 9.95. The van der Waals surface area contributed by atoms with Gasteiger partial charge in [0.05, 0.1) is 0 Å². The van der Waals surface area contributed by atoms with Crippen LogP contribution in [-0.2, 0) is 0 Å². The van der Waals surface area contributed by atoms with E-state index in [4.69, 9.17) is 0 Å². The van der Waals surface area contributed by atoms with E-state index in [0.29, 0.717) is 11.6 Å². The molecule has 1 saturated heterocycles. The summed E-state index contributed by atoms with van der Waals surface area (Å²) in [6.45, 7) is 7.11. The van der Waals surface area contributed by atoms with Crippen molar-refractivity contribution in [3.63, 3.8) is 0 Å². The van der Waals surface area contributed by atoms with E-state index in [9.17, 15) is 4.79 Å². The van der Waals surface area contributed by atoms with Gasteiger partial charge in [-0.05, 0) is 44.8 Å². The van der Waals surface area contributed by atoms with Crippen LogP contribution in [0.15, 0.2) is 12.3 Å². The van der Waals surface area contributed by atoms with Gasteiger partial charge in [-0.3, -0.25) is 4.79 Å². The van der Waals surface area contributed by atoms with Gasteiger partial charge in [0, 0.05) is 25.2 Å². The fraction of sp³-hybridized carbons (Fsp3) is 0.688.